The molecule has 1 aliphatic rings. The van der Waals surface area contributed by atoms with Crippen molar-refractivity contribution in [1.82, 2.24) is 4.90 Å². The minimum Gasteiger partial charge on any atom is -0.425 e. The van der Waals surface area contributed by atoms with Gasteiger partial charge in [-0.2, -0.15) is 0 Å². The lowest BCUT2D eigenvalue weighted by Gasteiger charge is -2.34. The van der Waals surface area contributed by atoms with Crippen LogP contribution in [-0.4, -0.2) is 37.6 Å². The van der Waals surface area contributed by atoms with Gasteiger partial charge >= 0.3 is 5.97 Å². The number of esters is 1. The zero-order chi connectivity index (χ0) is 18.4. The summed E-state index contributed by atoms with van der Waals surface area (Å²) in [5, 5.41) is 0. The van der Waals surface area contributed by atoms with Gasteiger partial charge in [0.2, 0.25) is 0 Å². The third kappa shape index (κ3) is 5.55. The Kier molecular flexibility index (Phi) is 7.45. The van der Waals surface area contributed by atoms with Crippen molar-refractivity contribution in [1.29, 1.82) is 0 Å². The number of ether oxygens (including phenoxy) is 1. The van der Waals surface area contributed by atoms with Crippen LogP contribution in [0.4, 0.5) is 0 Å². The van der Waals surface area contributed by atoms with Crippen LogP contribution in [0.25, 0.3) is 0 Å². The summed E-state index contributed by atoms with van der Waals surface area (Å²) in [7, 11) is 4.28. The fraction of sp³-hybridized carbons (Fsp3) is 0.667. The summed E-state index contributed by atoms with van der Waals surface area (Å²) in [4.78, 5) is 14.5. The highest BCUT2D eigenvalue weighted by atomic mass is 16.5. The molecule has 0 spiro atoms. The Morgan fingerprint density at radius 3 is 2.72 bits per heavy atom. The second kappa shape index (κ2) is 9.35. The fourth-order valence-corrected chi connectivity index (χ4v) is 3.81. The molecule has 0 aromatic heterocycles. The number of nitrogens with two attached hydrogens (primary N) is 1. The molecule has 4 atom stereocenters. The van der Waals surface area contributed by atoms with Gasteiger partial charge in [-0.25, -0.2) is 4.79 Å². The molecule has 2 rings (SSSR count). The lowest BCUT2D eigenvalue weighted by Crippen LogP contribution is -2.39. The van der Waals surface area contributed by atoms with Gasteiger partial charge in [0, 0.05) is 6.54 Å². The van der Waals surface area contributed by atoms with Crippen molar-refractivity contribution in [2.24, 2.45) is 17.6 Å². The molecule has 0 amide bonds. The third-order valence-electron chi connectivity index (χ3n) is 5.54. The Labute approximate surface area is 152 Å². The molecule has 0 bridgehead atoms. The van der Waals surface area contributed by atoms with E-state index in [9.17, 15) is 4.79 Å². The van der Waals surface area contributed by atoms with Gasteiger partial charge in [-0.05, 0) is 62.4 Å². The van der Waals surface area contributed by atoms with Gasteiger partial charge in [0.1, 0.15) is 11.8 Å². The molecule has 140 valence electrons. The van der Waals surface area contributed by atoms with Crippen LogP contribution < -0.4 is 10.5 Å². The summed E-state index contributed by atoms with van der Waals surface area (Å²) >= 11 is 0. The van der Waals surface area contributed by atoms with Crippen LogP contribution in [0.5, 0.6) is 5.75 Å². The van der Waals surface area contributed by atoms with Gasteiger partial charge in [-0.15, -0.1) is 0 Å². The molecule has 0 saturated heterocycles. The highest BCUT2D eigenvalue weighted by molar-refractivity contribution is 5.78. The topological polar surface area (TPSA) is 55.6 Å². The molecule has 1 aromatic carbocycles. The van der Waals surface area contributed by atoms with Crippen molar-refractivity contribution < 1.29 is 9.53 Å². The summed E-state index contributed by atoms with van der Waals surface area (Å²) in [6, 6.07) is 7.50. The fourth-order valence-electron chi connectivity index (χ4n) is 3.81. The number of hydrogen-bond donors (Lipinski definition) is 1. The van der Waals surface area contributed by atoms with Crippen molar-refractivity contribution >= 4 is 5.97 Å². The average Bonchev–Trinajstić information content (AvgIpc) is 2.60. The quantitative estimate of drug-likeness (QED) is 0.603. The Bertz CT molecular complexity index is 559. The van der Waals surface area contributed by atoms with Crippen molar-refractivity contribution in [2.45, 2.75) is 57.9 Å². The van der Waals surface area contributed by atoms with E-state index in [2.05, 4.69) is 25.1 Å². The molecule has 0 aliphatic heterocycles. The standard InChI is InChI=1S/C21H34N2O2/c1-5-15(2)20(22)21(24)25-18-11-8-10-16(13-18)19-12-7-6-9-17(19)14-23(3)4/h8,10-11,13,15,17,19-20H,5-7,9,12,14,22H2,1-4H3/t15?,17-,19?,20?/m1/s1. The van der Waals surface area contributed by atoms with E-state index >= 15 is 0 Å². The summed E-state index contributed by atoms with van der Waals surface area (Å²) in [6.45, 7) is 5.12. The van der Waals surface area contributed by atoms with Crippen LogP contribution in [0.3, 0.4) is 0 Å². The van der Waals surface area contributed by atoms with Crippen LogP contribution in [0.15, 0.2) is 24.3 Å². The minimum atomic E-state index is -0.565. The Morgan fingerprint density at radius 2 is 2.04 bits per heavy atom. The van der Waals surface area contributed by atoms with E-state index in [4.69, 9.17) is 10.5 Å². The first kappa shape index (κ1) is 19.9. The predicted molar refractivity (Wildman–Crippen MR) is 103 cm³/mol. The van der Waals surface area contributed by atoms with Crippen LogP contribution in [0.1, 0.15) is 57.4 Å². The SMILES string of the molecule is CCC(C)C(N)C(=O)Oc1cccc(C2CCCC[C@@H]2CN(C)C)c1. The molecule has 25 heavy (non-hydrogen) atoms. The average molecular weight is 347 g/mol. The molecular weight excluding hydrogens is 312 g/mol. The molecule has 1 saturated carbocycles. The van der Waals surface area contributed by atoms with E-state index in [1.165, 1.54) is 31.2 Å². The number of rotatable bonds is 7. The zero-order valence-electron chi connectivity index (χ0n) is 16.2. The zero-order valence-corrected chi connectivity index (χ0v) is 16.2. The minimum absolute atomic E-state index is 0.124. The molecule has 3 unspecified atom stereocenters. The first-order valence-corrected chi connectivity index (χ1v) is 9.64. The molecule has 1 aromatic rings. The van der Waals surface area contributed by atoms with Gasteiger partial charge in [0.05, 0.1) is 0 Å². The smallest absolute Gasteiger partial charge is 0.328 e. The highest BCUT2D eigenvalue weighted by Crippen LogP contribution is 2.39. The van der Waals surface area contributed by atoms with E-state index in [-0.39, 0.29) is 11.9 Å². The Hall–Kier alpha value is -1.39. The van der Waals surface area contributed by atoms with Gasteiger partial charge < -0.3 is 15.4 Å². The van der Waals surface area contributed by atoms with Crippen molar-refractivity contribution in [2.75, 3.05) is 20.6 Å². The summed E-state index contributed by atoms with van der Waals surface area (Å²) in [6.07, 6.45) is 5.93. The number of nitrogens with zero attached hydrogens (tertiary/aromatic N) is 1. The first-order valence-electron chi connectivity index (χ1n) is 9.64. The van der Waals surface area contributed by atoms with Crippen molar-refractivity contribution in [3.8, 4) is 5.75 Å². The maximum Gasteiger partial charge on any atom is 0.328 e. The summed E-state index contributed by atoms with van der Waals surface area (Å²) in [5.74, 6) is 1.61. The first-order chi connectivity index (χ1) is 11.9. The second-order valence-corrected chi connectivity index (χ2v) is 7.82. The Morgan fingerprint density at radius 1 is 1.32 bits per heavy atom. The van der Waals surface area contributed by atoms with Crippen LogP contribution in [0.2, 0.25) is 0 Å². The number of carbonyl (C=O) groups excluding carboxylic acids is 1. The summed E-state index contributed by atoms with van der Waals surface area (Å²) in [5.41, 5.74) is 7.28. The van der Waals surface area contributed by atoms with Crippen LogP contribution >= 0.6 is 0 Å². The number of carbonyl (C=O) groups is 1. The highest BCUT2D eigenvalue weighted by Gasteiger charge is 2.27. The van der Waals surface area contributed by atoms with E-state index in [0.717, 1.165) is 13.0 Å². The molecule has 4 nitrogen and oxygen atoms in total. The maximum absolute atomic E-state index is 12.3. The lowest BCUT2D eigenvalue weighted by molar-refractivity contribution is -0.137. The lowest BCUT2D eigenvalue weighted by atomic mass is 9.75. The van der Waals surface area contributed by atoms with Crippen LogP contribution in [-0.2, 0) is 4.79 Å². The molecule has 0 radical (unpaired) electrons. The van der Waals surface area contributed by atoms with E-state index in [1.54, 1.807) is 0 Å². The van der Waals surface area contributed by atoms with E-state index < -0.39 is 6.04 Å². The van der Waals surface area contributed by atoms with E-state index in [1.807, 2.05) is 32.0 Å². The number of hydrogen-bond acceptors (Lipinski definition) is 4. The van der Waals surface area contributed by atoms with Crippen molar-refractivity contribution in [3.05, 3.63) is 29.8 Å². The van der Waals surface area contributed by atoms with Gasteiger partial charge in [-0.3, -0.25) is 0 Å². The molecule has 4 heteroatoms. The summed E-state index contributed by atoms with van der Waals surface area (Å²) < 4.78 is 5.57. The Balaban J connectivity index is 2.10. The number of benzene rings is 1. The third-order valence-corrected chi connectivity index (χ3v) is 5.54. The largest absolute Gasteiger partial charge is 0.425 e. The predicted octanol–water partition coefficient (Wildman–Crippen LogP) is 3.80. The van der Waals surface area contributed by atoms with Gasteiger partial charge in [0.15, 0.2) is 0 Å². The molecule has 2 N–H and O–H groups in total. The molecule has 0 heterocycles. The molecule has 1 fully saturated rings. The molecule has 1 aliphatic carbocycles. The normalized spacial score (nSPS) is 23.3. The van der Waals surface area contributed by atoms with Gasteiger partial charge in [0.25, 0.3) is 0 Å². The van der Waals surface area contributed by atoms with E-state index in [0.29, 0.717) is 17.6 Å². The molecular formula is C21H34N2O2. The monoisotopic (exact) mass is 346 g/mol. The second-order valence-electron chi connectivity index (χ2n) is 7.82. The van der Waals surface area contributed by atoms with Crippen molar-refractivity contribution in [3.63, 3.8) is 0 Å². The van der Waals surface area contributed by atoms with Crippen LogP contribution in [0, 0.1) is 11.8 Å². The van der Waals surface area contributed by atoms with Gasteiger partial charge in [-0.1, -0.05) is 45.2 Å². The maximum atomic E-state index is 12.3.